The van der Waals surface area contributed by atoms with Crippen LogP contribution in [0.25, 0.3) is 11.4 Å². The van der Waals surface area contributed by atoms with Gasteiger partial charge in [-0.15, -0.1) is 0 Å². The number of nitrogens with zero attached hydrogens (tertiary/aromatic N) is 2. The summed E-state index contributed by atoms with van der Waals surface area (Å²) in [6.07, 6.45) is 2.32. The van der Waals surface area contributed by atoms with E-state index in [-0.39, 0.29) is 11.9 Å². The van der Waals surface area contributed by atoms with Crippen LogP contribution in [0, 0.1) is 5.82 Å². The van der Waals surface area contributed by atoms with Gasteiger partial charge in [0.05, 0.1) is 0 Å². The summed E-state index contributed by atoms with van der Waals surface area (Å²) in [5.41, 5.74) is 0.706. The lowest BCUT2D eigenvalue weighted by atomic mass is 10.2. The molecule has 1 unspecified atom stereocenters. The van der Waals surface area contributed by atoms with Crippen molar-refractivity contribution in [2.75, 3.05) is 0 Å². The summed E-state index contributed by atoms with van der Waals surface area (Å²) in [5.74, 6) is 0.572. The molecule has 2 N–H and O–H groups in total. The number of hydrogen-bond acceptors (Lipinski definition) is 4. The van der Waals surface area contributed by atoms with Gasteiger partial charge in [-0.05, 0) is 56.2 Å². The Morgan fingerprint density at radius 3 is 2.76 bits per heavy atom. The van der Waals surface area contributed by atoms with Gasteiger partial charge in [0.2, 0.25) is 11.7 Å². The predicted octanol–water partition coefficient (Wildman–Crippen LogP) is 2.56. The molecule has 0 bridgehead atoms. The first-order chi connectivity index (χ1) is 10.1. The van der Waals surface area contributed by atoms with Crippen molar-refractivity contribution >= 4 is 17.3 Å². The molecule has 0 saturated heterocycles. The van der Waals surface area contributed by atoms with Gasteiger partial charge in [0.25, 0.3) is 0 Å². The smallest absolute Gasteiger partial charge is 0.249 e. The maximum atomic E-state index is 12.9. The molecule has 0 radical (unpaired) electrons. The maximum Gasteiger partial charge on any atom is 0.249 e. The number of thiocarbonyl (C=S) groups is 1. The SMILES string of the molecule is CC(NC(=S)NC1CC1)c1nc(-c2ccc(F)cc2)no1. The molecule has 1 fully saturated rings. The van der Waals surface area contributed by atoms with Crippen LogP contribution in [-0.4, -0.2) is 21.3 Å². The molecule has 1 heterocycles. The first kappa shape index (κ1) is 13.9. The van der Waals surface area contributed by atoms with E-state index in [2.05, 4.69) is 20.8 Å². The lowest BCUT2D eigenvalue weighted by molar-refractivity contribution is 0.353. The second-order valence-electron chi connectivity index (χ2n) is 5.08. The second-order valence-corrected chi connectivity index (χ2v) is 5.49. The van der Waals surface area contributed by atoms with Crippen molar-refractivity contribution in [3.05, 3.63) is 36.0 Å². The van der Waals surface area contributed by atoms with E-state index in [1.54, 1.807) is 12.1 Å². The number of aromatic nitrogens is 2. The lowest BCUT2D eigenvalue weighted by Gasteiger charge is -2.13. The molecule has 7 heteroatoms. The van der Waals surface area contributed by atoms with Gasteiger partial charge < -0.3 is 15.2 Å². The summed E-state index contributed by atoms with van der Waals surface area (Å²) in [6.45, 7) is 1.89. The molecule has 1 aliphatic carbocycles. The fourth-order valence-corrected chi connectivity index (χ4v) is 2.18. The van der Waals surface area contributed by atoms with Crippen LogP contribution in [0.15, 0.2) is 28.8 Å². The van der Waals surface area contributed by atoms with E-state index in [0.717, 1.165) is 12.8 Å². The average Bonchev–Trinajstić information content (AvgIpc) is 3.12. The van der Waals surface area contributed by atoms with Gasteiger partial charge in [0.15, 0.2) is 5.11 Å². The van der Waals surface area contributed by atoms with E-state index in [1.807, 2.05) is 6.92 Å². The Bertz CT molecular complexity index is 639. The topological polar surface area (TPSA) is 63.0 Å². The number of nitrogens with one attached hydrogen (secondary N) is 2. The first-order valence-electron chi connectivity index (χ1n) is 6.78. The number of benzene rings is 1. The first-order valence-corrected chi connectivity index (χ1v) is 7.19. The van der Waals surface area contributed by atoms with Crippen LogP contribution >= 0.6 is 12.2 Å². The highest BCUT2D eigenvalue weighted by Crippen LogP contribution is 2.20. The average molecular weight is 306 g/mol. The van der Waals surface area contributed by atoms with E-state index >= 15 is 0 Å². The summed E-state index contributed by atoms with van der Waals surface area (Å²) in [6, 6.07) is 6.26. The molecule has 2 aromatic rings. The molecule has 1 atom stereocenters. The predicted molar refractivity (Wildman–Crippen MR) is 80.0 cm³/mol. The van der Waals surface area contributed by atoms with Crippen LogP contribution in [-0.2, 0) is 0 Å². The van der Waals surface area contributed by atoms with Crippen LogP contribution in [0.3, 0.4) is 0 Å². The van der Waals surface area contributed by atoms with Gasteiger partial charge in [-0.1, -0.05) is 5.16 Å². The quantitative estimate of drug-likeness (QED) is 0.847. The lowest BCUT2D eigenvalue weighted by Crippen LogP contribution is -2.38. The van der Waals surface area contributed by atoms with E-state index < -0.39 is 0 Å². The van der Waals surface area contributed by atoms with E-state index in [0.29, 0.717) is 28.4 Å². The molecule has 0 amide bonds. The molecule has 5 nitrogen and oxygen atoms in total. The molecule has 0 aliphatic heterocycles. The van der Waals surface area contributed by atoms with E-state index in [4.69, 9.17) is 16.7 Å². The summed E-state index contributed by atoms with van der Waals surface area (Å²) >= 11 is 5.21. The Labute approximate surface area is 126 Å². The summed E-state index contributed by atoms with van der Waals surface area (Å²) in [4.78, 5) is 4.31. The van der Waals surface area contributed by atoms with Gasteiger partial charge in [-0.3, -0.25) is 0 Å². The monoisotopic (exact) mass is 306 g/mol. The van der Waals surface area contributed by atoms with Gasteiger partial charge in [-0.2, -0.15) is 4.98 Å². The highest BCUT2D eigenvalue weighted by molar-refractivity contribution is 7.80. The summed E-state index contributed by atoms with van der Waals surface area (Å²) in [7, 11) is 0. The van der Waals surface area contributed by atoms with Crippen molar-refractivity contribution in [3.63, 3.8) is 0 Å². The highest BCUT2D eigenvalue weighted by Gasteiger charge is 2.23. The maximum absolute atomic E-state index is 12.9. The van der Waals surface area contributed by atoms with Gasteiger partial charge >= 0.3 is 0 Å². The summed E-state index contributed by atoms with van der Waals surface area (Å²) < 4.78 is 18.1. The normalized spacial score (nSPS) is 15.5. The molecule has 21 heavy (non-hydrogen) atoms. The zero-order valence-corrected chi connectivity index (χ0v) is 12.3. The van der Waals surface area contributed by atoms with Crippen molar-refractivity contribution in [1.29, 1.82) is 0 Å². The number of rotatable bonds is 4. The fourth-order valence-electron chi connectivity index (χ4n) is 1.84. The second kappa shape index (κ2) is 5.77. The summed E-state index contributed by atoms with van der Waals surface area (Å²) in [5, 5.41) is 10.8. The van der Waals surface area contributed by atoms with Crippen molar-refractivity contribution in [1.82, 2.24) is 20.8 Å². The third-order valence-corrected chi connectivity index (χ3v) is 3.41. The standard InChI is InChI=1S/C14H15FN4OS/c1-8(16-14(21)17-11-6-7-11)13-18-12(19-20-13)9-2-4-10(15)5-3-9/h2-5,8,11H,6-7H2,1H3,(H2,16,17,21). The Balaban J connectivity index is 1.65. The Morgan fingerprint density at radius 1 is 1.38 bits per heavy atom. The van der Waals surface area contributed by atoms with Crippen LogP contribution in [0.1, 0.15) is 31.7 Å². The third-order valence-electron chi connectivity index (χ3n) is 3.17. The zero-order chi connectivity index (χ0) is 14.8. The van der Waals surface area contributed by atoms with E-state index in [9.17, 15) is 4.39 Å². The number of hydrogen-bond donors (Lipinski definition) is 2. The Kier molecular flexibility index (Phi) is 3.83. The Morgan fingerprint density at radius 2 is 2.10 bits per heavy atom. The zero-order valence-electron chi connectivity index (χ0n) is 11.5. The van der Waals surface area contributed by atoms with Crippen LogP contribution in [0.5, 0.6) is 0 Å². The van der Waals surface area contributed by atoms with E-state index in [1.165, 1.54) is 12.1 Å². The molecule has 1 saturated carbocycles. The Hall–Kier alpha value is -2.02. The van der Waals surface area contributed by atoms with Crippen molar-refractivity contribution in [2.45, 2.75) is 31.8 Å². The molecule has 1 aromatic carbocycles. The molecule has 1 aliphatic rings. The third kappa shape index (κ3) is 3.55. The van der Waals surface area contributed by atoms with Gasteiger partial charge in [0.1, 0.15) is 11.9 Å². The minimum absolute atomic E-state index is 0.189. The van der Waals surface area contributed by atoms with Crippen molar-refractivity contribution in [3.8, 4) is 11.4 Å². The van der Waals surface area contributed by atoms with Crippen molar-refractivity contribution in [2.24, 2.45) is 0 Å². The molecule has 1 aromatic heterocycles. The molecular formula is C14H15FN4OS. The van der Waals surface area contributed by atoms with Gasteiger partial charge in [-0.25, -0.2) is 4.39 Å². The van der Waals surface area contributed by atoms with Crippen molar-refractivity contribution < 1.29 is 8.91 Å². The molecule has 0 spiro atoms. The largest absolute Gasteiger partial charge is 0.360 e. The fraction of sp³-hybridized carbons (Fsp3) is 0.357. The van der Waals surface area contributed by atoms with Crippen LogP contribution < -0.4 is 10.6 Å². The van der Waals surface area contributed by atoms with Crippen LogP contribution in [0.4, 0.5) is 4.39 Å². The molecule has 3 rings (SSSR count). The molecular weight excluding hydrogens is 291 g/mol. The highest BCUT2D eigenvalue weighted by atomic mass is 32.1. The minimum Gasteiger partial charge on any atom is -0.360 e. The van der Waals surface area contributed by atoms with Crippen LogP contribution in [0.2, 0.25) is 0 Å². The number of halogens is 1. The molecule has 110 valence electrons. The minimum atomic E-state index is -0.297. The van der Waals surface area contributed by atoms with Gasteiger partial charge in [0, 0.05) is 11.6 Å².